The first kappa shape index (κ1) is 16.7. The Balaban J connectivity index is 1.53. The number of aryl methyl sites for hydroxylation is 2. The molecule has 6 nitrogen and oxygen atoms in total. The normalized spacial score (nSPS) is 10.5. The lowest BCUT2D eigenvalue weighted by molar-refractivity contribution is -0.134. The number of ether oxygens (including phenoxy) is 2. The van der Waals surface area contributed by atoms with Crippen LogP contribution in [0.3, 0.4) is 0 Å². The van der Waals surface area contributed by atoms with Crippen LogP contribution in [0.2, 0.25) is 0 Å². The van der Waals surface area contributed by atoms with E-state index in [0.717, 1.165) is 17.0 Å². The zero-order valence-corrected chi connectivity index (χ0v) is 14.1. The Morgan fingerprint density at radius 3 is 2.48 bits per heavy atom. The van der Waals surface area contributed by atoms with Crippen molar-refractivity contribution in [1.82, 2.24) is 10.1 Å². The molecule has 0 fully saturated rings. The summed E-state index contributed by atoms with van der Waals surface area (Å²) < 4.78 is 16.0. The van der Waals surface area contributed by atoms with Crippen LogP contribution < -0.4 is 9.47 Å². The molecule has 0 atom stereocenters. The standard InChI is InChI=1S/C19H18N2O4/c1-13-17(14(2)25-21-13)10-11-19(22)24-16-8-6-15(7-9-16)23-18-5-3-4-12-20-18/h3-9,12H,10-11H2,1-2H3. The van der Waals surface area contributed by atoms with Gasteiger partial charge in [0.15, 0.2) is 0 Å². The zero-order valence-electron chi connectivity index (χ0n) is 14.1. The number of rotatable bonds is 6. The van der Waals surface area contributed by atoms with Crippen LogP contribution >= 0.6 is 0 Å². The molecule has 0 saturated carbocycles. The van der Waals surface area contributed by atoms with E-state index in [1.165, 1.54) is 0 Å². The Morgan fingerprint density at radius 2 is 1.84 bits per heavy atom. The summed E-state index contributed by atoms with van der Waals surface area (Å²) in [5, 5.41) is 3.88. The number of esters is 1. The first-order chi connectivity index (χ1) is 12.1. The van der Waals surface area contributed by atoms with Crippen LogP contribution in [-0.2, 0) is 11.2 Å². The fourth-order valence-corrected chi connectivity index (χ4v) is 2.37. The van der Waals surface area contributed by atoms with Gasteiger partial charge in [0.25, 0.3) is 0 Å². The van der Waals surface area contributed by atoms with Crippen LogP contribution in [0.4, 0.5) is 0 Å². The topological polar surface area (TPSA) is 74.5 Å². The maximum absolute atomic E-state index is 12.0. The Morgan fingerprint density at radius 1 is 1.08 bits per heavy atom. The Labute approximate surface area is 145 Å². The minimum Gasteiger partial charge on any atom is -0.439 e. The van der Waals surface area contributed by atoms with Crippen molar-refractivity contribution >= 4 is 5.97 Å². The molecule has 25 heavy (non-hydrogen) atoms. The lowest BCUT2D eigenvalue weighted by Crippen LogP contribution is -2.09. The van der Waals surface area contributed by atoms with Gasteiger partial charge in [-0.15, -0.1) is 0 Å². The lowest BCUT2D eigenvalue weighted by Gasteiger charge is -2.07. The van der Waals surface area contributed by atoms with Crippen molar-refractivity contribution in [3.63, 3.8) is 0 Å². The summed E-state index contributed by atoms with van der Waals surface area (Å²) >= 11 is 0. The van der Waals surface area contributed by atoms with Crippen molar-refractivity contribution in [3.05, 3.63) is 65.7 Å². The summed E-state index contributed by atoms with van der Waals surface area (Å²) in [4.78, 5) is 16.1. The number of benzene rings is 1. The molecule has 0 aliphatic rings. The van der Waals surface area contributed by atoms with E-state index in [1.54, 1.807) is 36.5 Å². The van der Waals surface area contributed by atoms with E-state index < -0.39 is 0 Å². The van der Waals surface area contributed by atoms with Gasteiger partial charge >= 0.3 is 5.97 Å². The molecule has 0 saturated heterocycles. The minimum atomic E-state index is -0.307. The number of hydrogen-bond donors (Lipinski definition) is 0. The summed E-state index contributed by atoms with van der Waals surface area (Å²) in [5.41, 5.74) is 1.76. The fourth-order valence-electron chi connectivity index (χ4n) is 2.37. The molecule has 0 amide bonds. The van der Waals surface area contributed by atoms with Gasteiger partial charge in [-0.25, -0.2) is 4.98 Å². The second kappa shape index (κ2) is 7.61. The summed E-state index contributed by atoms with van der Waals surface area (Å²) in [6, 6.07) is 12.3. The van der Waals surface area contributed by atoms with Crippen LogP contribution in [0.5, 0.6) is 17.4 Å². The molecule has 0 radical (unpaired) electrons. The molecule has 0 aliphatic heterocycles. The number of carbonyl (C=O) groups excluding carboxylic acids is 1. The highest BCUT2D eigenvalue weighted by Gasteiger charge is 2.12. The third-order valence-corrected chi connectivity index (χ3v) is 3.68. The SMILES string of the molecule is Cc1noc(C)c1CCC(=O)Oc1ccc(Oc2ccccn2)cc1. The van der Waals surface area contributed by atoms with Gasteiger partial charge in [0, 0.05) is 17.8 Å². The number of carbonyl (C=O) groups is 1. The molecule has 0 aliphatic carbocycles. The average Bonchev–Trinajstić information content (AvgIpc) is 2.94. The first-order valence-corrected chi connectivity index (χ1v) is 7.93. The lowest BCUT2D eigenvalue weighted by atomic mass is 10.1. The smallest absolute Gasteiger partial charge is 0.311 e. The van der Waals surface area contributed by atoms with Gasteiger partial charge in [0.2, 0.25) is 5.88 Å². The highest BCUT2D eigenvalue weighted by Crippen LogP contribution is 2.22. The maximum Gasteiger partial charge on any atom is 0.311 e. The molecule has 3 rings (SSSR count). The van der Waals surface area contributed by atoms with Crippen molar-refractivity contribution in [2.24, 2.45) is 0 Å². The van der Waals surface area contributed by atoms with Gasteiger partial charge < -0.3 is 14.0 Å². The molecule has 1 aromatic carbocycles. The Hall–Kier alpha value is -3.15. The number of aromatic nitrogens is 2. The predicted molar refractivity (Wildman–Crippen MR) is 90.7 cm³/mol. The monoisotopic (exact) mass is 338 g/mol. The molecule has 2 heterocycles. The Bertz CT molecular complexity index is 822. The van der Waals surface area contributed by atoms with Gasteiger partial charge in [-0.2, -0.15) is 0 Å². The highest BCUT2D eigenvalue weighted by molar-refractivity contribution is 5.72. The molecule has 0 unspecified atom stereocenters. The van der Waals surface area contributed by atoms with Crippen LogP contribution in [0.25, 0.3) is 0 Å². The first-order valence-electron chi connectivity index (χ1n) is 7.93. The highest BCUT2D eigenvalue weighted by atomic mass is 16.5. The second-order valence-electron chi connectivity index (χ2n) is 5.52. The molecule has 128 valence electrons. The van der Waals surface area contributed by atoms with Crippen molar-refractivity contribution in [2.75, 3.05) is 0 Å². The van der Waals surface area contributed by atoms with Gasteiger partial charge in [0.05, 0.1) is 12.1 Å². The number of pyridine rings is 1. The number of hydrogen-bond acceptors (Lipinski definition) is 6. The average molecular weight is 338 g/mol. The van der Waals surface area contributed by atoms with Crippen molar-refractivity contribution < 1.29 is 18.8 Å². The number of nitrogens with zero attached hydrogens (tertiary/aromatic N) is 2. The molecule has 0 spiro atoms. The third-order valence-electron chi connectivity index (χ3n) is 3.68. The van der Waals surface area contributed by atoms with Crippen LogP contribution in [-0.4, -0.2) is 16.1 Å². The predicted octanol–water partition coefficient (Wildman–Crippen LogP) is 4.02. The molecule has 0 bridgehead atoms. The van der Waals surface area contributed by atoms with Crippen molar-refractivity contribution in [2.45, 2.75) is 26.7 Å². The van der Waals surface area contributed by atoms with Gasteiger partial charge in [0.1, 0.15) is 17.3 Å². The molecular formula is C19H18N2O4. The molecule has 2 aromatic heterocycles. The quantitative estimate of drug-likeness (QED) is 0.499. The van der Waals surface area contributed by atoms with Crippen molar-refractivity contribution in [3.8, 4) is 17.4 Å². The van der Waals surface area contributed by atoms with E-state index in [-0.39, 0.29) is 12.4 Å². The van der Waals surface area contributed by atoms with E-state index in [4.69, 9.17) is 14.0 Å². The van der Waals surface area contributed by atoms with Crippen LogP contribution in [0.15, 0.2) is 53.2 Å². The van der Waals surface area contributed by atoms with E-state index in [9.17, 15) is 4.79 Å². The summed E-state index contributed by atoms with van der Waals surface area (Å²) in [6.45, 7) is 3.69. The summed E-state index contributed by atoms with van der Waals surface area (Å²) in [6.07, 6.45) is 2.46. The van der Waals surface area contributed by atoms with Crippen LogP contribution in [0, 0.1) is 13.8 Å². The largest absolute Gasteiger partial charge is 0.439 e. The van der Waals surface area contributed by atoms with Gasteiger partial charge in [-0.3, -0.25) is 4.79 Å². The maximum atomic E-state index is 12.0. The fraction of sp³-hybridized carbons (Fsp3) is 0.211. The molecule has 0 N–H and O–H groups in total. The second-order valence-corrected chi connectivity index (χ2v) is 5.52. The minimum absolute atomic E-state index is 0.259. The third kappa shape index (κ3) is 4.44. The summed E-state index contributed by atoms with van der Waals surface area (Å²) in [7, 11) is 0. The van der Waals surface area contributed by atoms with Crippen LogP contribution in [0.1, 0.15) is 23.4 Å². The molecule has 3 aromatic rings. The van der Waals surface area contributed by atoms with E-state index >= 15 is 0 Å². The van der Waals surface area contributed by atoms with Gasteiger partial charge in [-0.05, 0) is 50.6 Å². The van der Waals surface area contributed by atoms with E-state index in [0.29, 0.717) is 23.8 Å². The molecule has 6 heteroatoms. The zero-order chi connectivity index (χ0) is 17.6. The summed E-state index contributed by atoms with van der Waals surface area (Å²) in [5.74, 6) is 2.03. The molecular weight excluding hydrogens is 320 g/mol. The Kier molecular flexibility index (Phi) is 5.09. The van der Waals surface area contributed by atoms with Crippen molar-refractivity contribution in [1.29, 1.82) is 0 Å². The van der Waals surface area contributed by atoms with E-state index in [1.807, 2.05) is 26.0 Å². The van der Waals surface area contributed by atoms with E-state index in [2.05, 4.69) is 10.1 Å². The van der Waals surface area contributed by atoms with Gasteiger partial charge in [-0.1, -0.05) is 11.2 Å².